The van der Waals surface area contributed by atoms with Crippen molar-refractivity contribution in [1.82, 2.24) is 5.32 Å². The summed E-state index contributed by atoms with van der Waals surface area (Å²) in [5, 5.41) is 4.80. The Labute approximate surface area is 126 Å². The quantitative estimate of drug-likeness (QED) is 0.686. The third kappa shape index (κ3) is 6.13. The Kier molecular flexibility index (Phi) is 8.47. The molecule has 0 aliphatic heterocycles. The van der Waals surface area contributed by atoms with Gasteiger partial charge in [0.2, 0.25) is 0 Å². The van der Waals surface area contributed by atoms with Crippen molar-refractivity contribution >= 4 is 23.2 Å². The number of hydrogen-bond acceptors (Lipinski definition) is 2. The fraction of sp³-hybridized carbons (Fsp3) is 0.600. The number of rotatable bonds is 9. The van der Waals surface area contributed by atoms with E-state index in [0.717, 1.165) is 44.6 Å². The number of hydrogen-bond donors (Lipinski definition) is 1. The SMILES string of the molecule is CCNC(CCCOCC)Cc1cccc(Cl)c1Cl. The highest BCUT2D eigenvalue weighted by Gasteiger charge is 2.12. The summed E-state index contributed by atoms with van der Waals surface area (Å²) in [7, 11) is 0. The summed E-state index contributed by atoms with van der Waals surface area (Å²) in [4.78, 5) is 0. The molecular formula is C15H23Cl2NO. The Morgan fingerprint density at radius 3 is 2.74 bits per heavy atom. The first-order chi connectivity index (χ1) is 9.19. The van der Waals surface area contributed by atoms with Crippen molar-refractivity contribution in [2.24, 2.45) is 0 Å². The molecule has 1 atom stereocenters. The van der Waals surface area contributed by atoms with Crippen LogP contribution in [0.4, 0.5) is 0 Å². The van der Waals surface area contributed by atoms with E-state index in [9.17, 15) is 0 Å². The molecule has 0 aliphatic carbocycles. The Morgan fingerprint density at radius 2 is 2.05 bits per heavy atom. The van der Waals surface area contributed by atoms with Crippen LogP contribution in [0.3, 0.4) is 0 Å². The summed E-state index contributed by atoms with van der Waals surface area (Å²) in [5.41, 5.74) is 1.11. The summed E-state index contributed by atoms with van der Waals surface area (Å²) in [6.07, 6.45) is 3.04. The van der Waals surface area contributed by atoms with Crippen LogP contribution in [0, 0.1) is 0 Å². The summed E-state index contributed by atoms with van der Waals surface area (Å²) >= 11 is 12.3. The van der Waals surface area contributed by atoms with Crippen molar-refractivity contribution in [3.05, 3.63) is 33.8 Å². The third-order valence-corrected chi connectivity index (χ3v) is 3.89. The average molecular weight is 304 g/mol. The van der Waals surface area contributed by atoms with Gasteiger partial charge in [-0.3, -0.25) is 0 Å². The molecule has 1 aromatic carbocycles. The van der Waals surface area contributed by atoms with Crippen molar-refractivity contribution in [2.75, 3.05) is 19.8 Å². The largest absolute Gasteiger partial charge is 0.382 e. The van der Waals surface area contributed by atoms with Crippen LogP contribution in [0.25, 0.3) is 0 Å². The smallest absolute Gasteiger partial charge is 0.0624 e. The lowest BCUT2D eigenvalue weighted by Crippen LogP contribution is -2.31. The lowest BCUT2D eigenvalue weighted by molar-refractivity contribution is 0.141. The summed E-state index contributed by atoms with van der Waals surface area (Å²) in [5.74, 6) is 0. The molecule has 0 heterocycles. The highest BCUT2D eigenvalue weighted by molar-refractivity contribution is 6.42. The maximum Gasteiger partial charge on any atom is 0.0624 e. The lowest BCUT2D eigenvalue weighted by Gasteiger charge is -2.19. The van der Waals surface area contributed by atoms with Gasteiger partial charge < -0.3 is 10.1 Å². The van der Waals surface area contributed by atoms with E-state index < -0.39 is 0 Å². The van der Waals surface area contributed by atoms with Gasteiger partial charge in [0.05, 0.1) is 10.0 Å². The van der Waals surface area contributed by atoms with Crippen LogP contribution in [-0.2, 0) is 11.2 Å². The van der Waals surface area contributed by atoms with E-state index in [2.05, 4.69) is 12.2 Å². The highest BCUT2D eigenvalue weighted by Crippen LogP contribution is 2.26. The molecule has 0 aromatic heterocycles. The molecule has 0 bridgehead atoms. The fourth-order valence-electron chi connectivity index (χ4n) is 2.11. The van der Waals surface area contributed by atoms with E-state index in [1.165, 1.54) is 0 Å². The molecule has 0 saturated carbocycles. The Balaban J connectivity index is 2.54. The normalized spacial score (nSPS) is 12.6. The number of likely N-dealkylation sites (N-methyl/N-ethyl adjacent to an activating group) is 1. The maximum atomic E-state index is 6.24. The Hall–Kier alpha value is -0.280. The van der Waals surface area contributed by atoms with Crippen LogP contribution in [0.1, 0.15) is 32.3 Å². The Bertz CT molecular complexity index is 371. The van der Waals surface area contributed by atoms with Gasteiger partial charge in [-0.05, 0) is 44.4 Å². The molecule has 0 amide bonds. The van der Waals surface area contributed by atoms with E-state index in [4.69, 9.17) is 27.9 Å². The summed E-state index contributed by atoms with van der Waals surface area (Å²) in [6.45, 7) is 6.70. The van der Waals surface area contributed by atoms with Crippen LogP contribution in [0.5, 0.6) is 0 Å². The minimum Gasteiger partial charge on any atom is -0.382 e. The van der Waals surface area contributed by atoms with Gasteiger partial charge in [0, 0.05) is 19.3 Å². The first kappa shape index (κ1) is 16.8. The van der Waals surface area contributed by atoms with Gasteiger partial charge in [-0.15, -0.1) is 0 Å². The van der Waals surface area contributed by atoms with Crippen molar-refractivity contribution in [2.45, 2.75) is 39.2 Å². The summed E-state index contributed by atoms with van der Waals surface area (Å²) < 4.78 is 5.38. The molecule has 1 unspecified atom stereocenters. The monoisotopic (exact) mass is 303 g/mol. The first-order valence-corrected chi connectivity index (χ1v) is 7.68. The zero-order valence-electron chi connectivity index (χ0n) is 11.7. The molecule has 1 rings (SSSR count). The van der Waals surface area contributed by atoms with Crippen LogP contribution >= 0.6 is 23.2 Å². The van der Waals surface area contributed by atoms with Crippen molar-refractivity contribution in [1.29, 1.82) is 0 Å². The van der Waals surface area contributed by atoms with Gasteiger partial charge >= 0.3 is 0 Å². The van der Waals surface area contributed by atoms with Crippen molar-refractivity contribution < 1.29 is 4.74 Å². The second kappa shape index (κ2) is 9.60. The van der Waals surface area contributed by atoms with Gasteiger partial charge in [-0.25, -0.2) is 0 Å². The van der Waals surface area contributed by atoms with E-state index in [0.29, 0.717) is 16.1 Å². The second-order valence-corrected chi connectivity index (χ2v) is 5.30. The van der Waals surface area contributed by atoms with Gasteiger partial charge in [0.25, 0.3) is 0 Å². The predicted molar refractivity (Wildman–Crippen MR) is 83.4 cm³/mol. The molecular weight excluding hydrogens is 281 g/mol. The predicted octanol–water partition coefficient (Wildman–Crippen LogP) is 4.33. The van der Waals surface area contributed by atoms with Crippen LogP contribution in [0.15, 0.2) is 18.2 Å². The Morgan fingerprint density at radius 1 is 1.26 bits per heavy atom. The maximum absolute atomic E-state index is 6.24. The molecule has 0 saturated heterocycles. The molecule has 4 heteroatoms. The zero-order chi connectivity index (χ0) is 14.1. The number of halogens is 2. The fourth-order valence-corrected chi connectivity index (χ4v) is 2.51. The van der Waals surface area contributed by atoms with Gasteiger partial charge in [-0.1, -0.05) is 42.3 Å². The van der Waals surface area contributed by atoms with E-state index in [1.807, 2.05) is 25.1 Å². The van der Waals surface area contributed by atoms with E-state index >= 15 is 0 Å². The lowest BCUT2D eigenvalue weighted by atomic mass is 10.0. The van der Waals surface area contributed by atoms with Gasteiger partial charge in [0.1, 0.15) is 0 Å². The zero-order valence-corrected chi connectivity index (χ0v) is 13.2. The number of ether oxygens (including phenoxy) is 1. The molecule has 108 valence electrons. The molecule has 0 spiro atoms. The number of benzene rings is 1. The van der Waals surface area contributed by atoms with E-state index in [1.54, 1.807) is 0 Å². The van der Waals surface area contributed by atoms with E-state index in [-0.39, 0.29) is 0 Å². The van der Waals surface area contributed by atoms with Crippen LogP contribution < -0.4 is 5.32 Å². The minimum atomic E-state index is 0.418. The molecule has 0 fully saturated rings. The summed E-state index contributed by atoms with van der Waals surface area (Å²) in [6, 6.07) is 6.24. The van der Waals surface area contributed by atoms with Gasteiger partial charge in [-0.2, -0.15) is 0 Å². The molecule has 19 heavy (non-hydrogen) atoms. The standard InChI is InChI=1S/C15H23Cl2NO/c1-3-18-13(8-6-10-19-4-2)11-12-7-5-9-14(16)15(12)17/h5,7,9,13,18H,3-4,6,8,10-11H2,1-2H3. The molecule has 1 N–H and O–H groups in total. The van der Waals surface area contributed by atoms with Gasteiger partial charge in [0.15, 0.2) is 0 Å². The van der Waals surface area contributed by atoms with Crippen LogP contribution in [-0.4, -0.2) is 25.8 Å². The second-order valence-electron chi connectivity index (χ2n) is 4.51. The third-order valence-electron chi connectivity index (χ3n) is 3.04. The molecule has 2 nitrogen and oxygen atoms in total. The molecule has 0 aliphatic rings. The van der Waals surface area contributed by atoms with Crippen molar-refractivity contribution in [3.63, 3.8) is 0 Å². The number of nitrogens with one attached hydrogen (secondary N) is 1. The van der Waals surface area contributed by atoms with Crippen molar-refractivity contribution in [3.8, 4) is 0 Å². The molecule has 0 radical (unpaired) electrons. The highest BCUT2D eigenvalue weighted by atomic mass is 35.5. The average Bonchev–Trinajstić information content (AvgIpc) is 2.40. The topological polar surface area (TPSA) is 21.3 Å². The molecule has 1 aromatic rings. The van der Waals surface area contributed by atoms with Crippen LogP contribution in [0.2, 0.25) is 10.0 Å². The minimum absolute atomic E-state index is 0.418. The first-order valence-electron chi connectivity index (χ1n) is 6.93.